The third kappa shape index (κ3) is 2.72. The molecule has 0 amide bonds. The Bertz CT molecular complexity index is 225. The number of hydrogen-bond donors (Lipinski definition) is 0. The van der Waals surface area contributed by atoms with Crippen molar-refractivity contribution in [2.75, 3.05) is 0 Å². The smallest absolute Gasteiger partial charge is 0.205 e. The zero-order valence-electron chi connectivity index (χ0n) is 5.74. The van der Waals surface area contributed by atoms with Crippen molar-refractivity contribution < 1.29 is 9.18 Å². The summed E-state index contributed by atoms with van der Waals surface area (Å²) in [7, 11) is 0. The van der Waals surface area contributed by atoms with Crippen molar-refractivity contribution in [1.82, 2.24) is 0 Å². The number of benzene rings is 1. The fraction of sp³-hybridized carbons (Fsp3) is 0.125. The van der Waals surface area contributed by atoms with Gasteiger partial charge in [0, 0.05) is 4.90 Å². The number of halogens is 1. The molecule has 1 aromatic rings. The van der Waals surface area contributed by atoms with Crippen LogP contribution >= 0.6 is 11.8 Å². The summed E-state index contributed by atoms with van der Waals surface area (Å²) in [4.78, 5) is 10.7. The SMILES string of the molecule is O=CC(F)Sc1ccccc1. The highest BCUT2D eigenvalue weighted by Gasteiger charge is 2.04. The van der Waals surface area contributed by atoms with Gasteiger partial charge in [-0.15, -0.1) is 0 Å². The van der Waals surface area contributed by atoms with E-state index in [1.807, 2.05) is 6.07 Å². The average molecular weight is 170 g/mol. The maximum absolute atomic E-state index is 12.4. The molecule has 0 N–H and O–H groups in total. The van der Waals surface area contributed by atoms with E-state index in [9.17, 15) is 9.18 Å². The Morgan fingerprint density at radius 2 is 2.00 bits per heavy atom. The predicted octanol–water partition coefficient (Wildman–Crippen LogP) is 2.27. The molecule has 0 aliphatic heterocycles. The van der Waals surface area contributed by atoms with Crippen LogP contribution in [0, 0.1) is 0 Å². The molecular formula is C8H7FOS. The summed E-state index contributed by atoms with van der Waals surface area (Å²) in [6, 6.07) is 8.99. The third-order valence-corrected chi connectivity index (χ3v) is 1.98. The van der Waals surface area contributed by atoms with Gasteiger partial charge in [-0.05, 0) is 12.1 Å². The monoisotopic (exact) mass is 170 g/mol. The highest BCUT2D eigenvalue weighted by molar-refractivity contribution is 8.00. The first-order chi connectivity index (χ1) is 5.33. The second-order valence-electron chi connectivity index (χ2n) is 1.92. The maximum atomic E-state index is 12.4. The maximum Gasteiger partial charge on any atom is 0.205 e. The van der Waals surface area contributed by atoms with Gasteiger partial charge in [0.15, 0.2) is 6.29 Å². The molecule has 1 nitrogen and oxygen atoms in total. The quantitative estimate of drug-likeness (QED) is 0.511. The Hall–Kier alpha value is -0.830. The van der Waals surface area contributed by atoms with Gasteiger partial charge in [0.25, 0.3) is 0 Å². The van der Waals surface area contributed by atoms with Gasteiger partial charge in [0.2, 0.25) is 5.50 Å². The predicted molar refractivity (Wildman–Crippen MR) is 43.3 cm³/mol. The van der Waals surface area contributed by atoms with E-state index in [1.165, 1.54) is 0 Å². The summed E-state index contributed by atoms with van der Waals surface area (Å²) >= 11 is 0.909. The molecule has 58 valence electrons. The van der Waals surface area contributed by atoms with E-state index < -0.39 is 5.50 Å². The number of aldehydes is 1. The van der Waals surface area contributed by atoms with E-state index in [2.05, 4.69) is 0 Å². The largest absolute Gasteiger partial charge is 0.299 e. The van der Waals surface area contributed by atoms with E-state index in [0.29, 0.717) is 0 Å². The molecule has 0 saturated heterocycles. The van der Waals surface area contributed by atoms with E-state index >= 15 is 0 Å². The molecule has 0 saturated carbocycles. The van der Waals surface area contributed by atoms with Gasteiger partial charge < -0.3 is 0 Å². The molecule has 0 fully saturated rings. The molecular weight excluding hydrogens is 163 g/mol. The van der Waals surface area contributed by atoms with Crippen molar-refractivity contribution in [2.24, 2.45) is 0 Å². The van der Waals surface area contributed by atoms with Crippen molar-refractivity contribution in [3.05, 3.63) is 30.3 Å². The van der Waals surface area contributed by atoms with Crippen molar-refractivity contribution in [3.8, 4) is 0 Å². The number of hydrogen-bond acceptors (Lipinski definition) is 2. The topological polar surface area (TPSA) is 17.1 Å². The fourth-order valence-electron chi connectivity index (χ4n) is 0.657. The van der Waals surface area contributed by atoms with Crippen LogP contribution in [0.15, 0.2) is 35.2 Å². The normalized spacial score (nSPS) is 12.5. The summed E-state index contributed by atoms with van der Waals surface area (Å²) in [5, 5.41) is 0. The highest BCUT2D eigenvalue weighted by Crippen LogP contribution is 2.21. The van der Waals surface area contributed by atoms with Crippen LogP contribution in [0.4, 0.5) is 4.39 Å². The third-order valence-electron chi connectivity index (χ3n) is 1.10. The van der Waals surface area contributed by atoms with E-state index in [1.54, 1.807) is 24.3 Å². The lowest BCUT2D eigenvalue weighted by Gasteiger charge is -1.98. The van der Waals surface area contributed by atoms with Gasteiger partial charge in [-0.2, -0.15) is 0 Å². The molecule has 1 unspecified atom stereocenters. The number of thioether (sulfide) groups is 1. The molecule has 3 heteroatoms. The molecule has 0 aliphatic carbocycles. The van der Waals surface area contributed by atoms with E-state index in [0.717, 1.165) is 16.7 Å². The first kappa shape index (κ1) is 8.27. The van der Waals surface area contributed by atoms with Crippen LogP contribution in [0.5, 0.6) is 0 Å². The average Bonchev–Trinajstić information content (AvgIpc) is 2.06. The molecule has 1 rings (SSSR count). The molecule has 0 spiro atoms. The van der Waals surface area contributed by atoms with Crippen LogP contribution in [-0.2, 0) is 4.79 Å². The summed E-state index contributed by atoms with van der Waals surface area (Å²) in [6.07, 6.45) is 0.289. The lowest BCUT2D eigenvalue weighted by atomic mass is 10.4. The minimum Gasteiger partial charge on any atom is -0.299 e. The molecule has 0 aliphatic rings. The molecule has 0 radical (unpaired) electrons. The van der Waals surface area contributed by atoms with Crippen molar-refractivity contribution in [3.63, 3.8) is 0 Å². The molecule has 11 heavy (non-hydrogen) atoms. The molecule has 0 heterocycles. The van der Waals surface area contributed by atoms with Gasteiger partial charge in [-0.25, -0.2) is 4.39 Å². The van der Waals surface area contributed by atoms with Gasteiger partial charge in [-0.1, -0.05) is 30.0 Å². The second-order valence-corrected chi connectivity index (χ2v) is 3.08. The lowest BCUT2D eigenvalue weighted by Crippen LogP contribution is -1.92. The van der Waals surface area contributed by atoms with Crippen LogP contribution in [0.2, 0.25) is 0 Å². The van der Waals surface area contributed by atoms with Crippen LogP contribution in [0.25, 0.3) is 0 Å². The second kappa shape index (κ2) is 4.13. The minimum atomic E-state index is -1.45. The first-order valence-electron chi connectivity index (χ1n) is 3.14. The summed E-state index contributed by atoms with van der Waals surface area (Å²) < 4.78 is 12.4. The Balaban J connectivity index is 2.57. The Morgan fingerprint density at radius 1 is 1.36 bits per heavy atom. The van der Waals surface area contributed by atoms with Crippen molar-refractivity contribution in [2.45, 2.75) is 10.4 Å². The Labute approximate surface area is 68.6 Å². The lowest BCUT2D eigenvalue weighted by molar-refractivity contribution is -0.109. The summed E-state index contributed by atoms with van der Waals surface area (Å²) in [5.74, 6) is 0. The number of alkyl halides is 1. The summed E-state index contributed by atoms with van der Waals surface area (Å²) in [6.45, 7) is 0. The number of carbonyl (C=O) groups excluding carboxylic acids is 1. The van der Waals surface area contributed by atoms with Crippen molar-refractivity contribution in [1.29, 1.82) is 0 Å². The van der Waals surface area contributed by atoms with Crippen molar-refractivity contribution >= 4 is 18.0 Å². The number of rotatable bonds is 3. The van der Waals surface area contributed by atoms with Gasteiger partial charge in [0.1, 0.15) is 0 Å². The number of carbonyl (C=O) groups is 1. The first-order valence-corrected chi connectivity index (χ1v) is 4.02. The summed E-state index contributed by atoms with van der Waals surface area (Å²) in [5.41, 5.74) is -1.45. The minimum absolute atomic E-state index is 0.289. The zero-order valence-corrected chi connectivity index (χ0v) is 6.55. The Kier molecular flexibility index (Phi) is 3.11. The molecule has 0 aromatic heterocycles. The van der Waals surface area contributed by atoms with Gasteiger partial charge in [-0.3, -0.25) is 4.79 Å². The van der Waals surface area contributed by atoms with Gasteiger partial charge >= 0.3 is 0 Å². The van der Waals surface area contributed by atoms with E-state index in [4.69, 9.17) is 0 Å². The van der Waals surface area contributed by atoms with Gasteiger partial charge in [0.05, 0.1) is 0 Å². The Morgan fingerprint density at radius 3 is 2.55 bits per heavy atom. The van der Waals surface area contributed by atoms with Crippen LogP contribution in [0.1, 0.15) is 0 Å². The molecule has 0 bridgehead atoms. The van der Waals surface area contributed by atoms with Crippen LogP contribution in [-0.4, -0.2) is 11.8 Å². The molecule has 1 aromatic carbocycles. The van der Waals surface area contributed by atoms with Crippen LogP contribution in [0.3, 0.4) is 0 Å². The molecule has 1 atom stereocenters. The zero-order chi connectivity index (χ0) is 8.10. The highest BCUT2D eigenvalue weighted by atomic mass is 32.2. The van der Waals surface area contributed by atoms with Crippen LogP contribution < -0.4 is 0 Å². The standard InChI is InChI=1S/C8H7FOS/c9-8(6-10)11-7-4-2-1-3-5-7/h1-6,8H. The van der Waals surface area contributed by atoms with E-state index in [-0.39, 0.29) is 6.29 Å². The fourth-order valence-corrected chi connectivity index (χ4v) is 1.29.